The number of hydrogen-bond acceptors (Lipinski definition) is 3. The maximum Gasteiger partial charge on any atom is 0.0912 e. The van der Waals surface area contributed by atoms with Crippen LogP contribution in [0.25, 0.3) is 0 Å². The number of anilines is 2. The van der Waals surface area contributed by atoms with Gasteiger partial charge in [-0.25, -0.2) is 0 Å². The minimum absolute atomic E-state index is 0.704. The van der Waals surface area contributed by atoms with Crippen LogP contribution in [0.1, 0.15) is 32.3 Å². The molecule has 3 nitrogen and oxygen atoms in total. The molecule has 0 aliphatic carbocycles. The lowest BCUT2D eigenvalue weighted by atomic mass is 9.87. The molecular weight excluding hydrogens is 188 g/mol. The number of nitrogens with one attached hydrogen (secondary N) is 2. The highest BCUT2D eigenvalue weighted by Crippen LogP contribution is 2.39. The van der Waals surface area contributed by atoms with Crippen LogP contribution in [0.4, 0.5) is 11.4 Å². The van der Waals surface area contributed by atoms with Gasteiger partial charge in [0.2, 0.25) is 0 Å². The minimum atomic E-state index is -0.704. The molecule has 1 heterocycles. The zero-order chi connectivity index (χ0) is 10.9. The maximum absolute atomic E-state index is 10.5. The van der Waals surface area contributed by atoms with Crippen molar-refractivity contribution in [3.05, 3.63) is 23.8 Å². The molecule has 1 aromatic rings. The van der Waals surface area contributed by atoms with Gasteiger partial charge < -0.3 is 15.7 Å². The third-order valence-electron chi connectivity index (χ3n) is 3.28. The minimum Gasteiger partial charge on any atom is -0.385 e. The molecule has 15 heavy (non-hydrogen) atoms. The molecule has 0 radical (unpaired) electrons. The highest BCUT2D eigenvalue weighted by molar-refractivity contribution is 5.77. The summed E-state index contributed by atoms with van der Waals surface area (Å²) in [6, 6.07) is 6.03. The summed E-state index contributed by atoms with van der Waals surface area (Å²) in [7, 11) is 0. The van der Waals surface area contributed by atoms with Crippen LogP contribution in [-0.4, -0.2) is 11.8 Å². The Bertz CT molecular complexity index is 359. The summed E-state index contributed by atoms with van der Waals surface area (Å²) >= 11 is 0. The number of fused-ring (bicyclic) bond motifs is 1. The first kappa shape index (κ1) is 10.3. The first-order valence-electron chi connectivity index (χ1n) is 5.55. The predicted octanol–water partition coefficient (Wildman–Crippen LogP) is 2.49. The Labute approximate surface area is 90.5 Å². The zero-order valence-electron chi connectivity index (χ0n) is 9.30. The second-order valence-corrected chi connectivity index (χ2v) is 4.00. The number of para-hydroxylation sites is 1. The van der Waals surface area contributed by atoms with E-state index in [0.717, 1.165) is 36.4 Å². The molecule has 3 N–H and O–H groups in total. The second kappa shape index (κ2) is 3.74. The summed E-state index contributed by atoms with van der Waals surface area (Å²) in [6.45, 7) is 4.78. The smallest absolute Gasteiger partial charge is 0.0912 e. The van der Waals surface area contributed by atoms with E-state index in [2.05, 4.69) is 10.6 Å². The van der Waals surface area contributed by atoms with E-state index in [0.29, 0.717) is 0 Å². The molecule has 0 bridgehead atoms. The summed E-state index contributed by atoms with van der Waals surface area (Å²) in [5, 5.41) is 17.0. The van der Waals surface area contributed by atoms with Gasteiger partial charge in [0.25, 0.3) is 0 Å². The van der Waals surface area contributed by atoms with Crippen LogP contribution < -0.4 is 10.6 Å². The summed E-state index contributed by atoms with van der Waals surface area (Å²) in [6.07, 6.45) is 1.48. The van der Waals surface area contributed by atoms with Crippen LogP contribution in [-0.2, 0) is 5.60 Å². The van der Waals surface area contributed by atoms with Crippen molar-refractivity contribution in [2.75, 3.05) is 17.3 Å². The summed E-state index contributed by atoms with van der Waals surface area (Å²) in [5.41, 5.74) is 2.45. The van der Waals surface area contributed by atoms with Crippen molar-refractivity contribution in [2.24, 2.45) is 0 Å². The molecule has 0 atom stereocenters. The largest absolute Gasteiger partial charge is 0.385 e. The molecule has 2 rings (SSSR count). The second-order valence-electron chi connectivity index (χ2n) is 4.00. The molecule has 1 aromatic carbocycles. The molecule has 0 saturated carbocycles. The lowest BCUT2D eigenvalue weighted by Gasteiger charge is -2.27. The molecular formula is C12H18N2O. The maximum atomic E-state index is 10.5. The summed E-state index contributed by atoms with van der Waals surface area (Å²) < 4.78 is 0. The Balaban J connectivity index is 2.48. The van der Waals surface area contributed by atoms with Gasteiger partial charge in [-0.1, -0.05) is 26.0 Å². The van der Waals surface area contributed by atoms with Crippen LogP contribution in [0.2, 0.25) is 0 Å². The number of hydrogen-bond donors (Lipinski definition) is 3. The quantitative estimate of drug-likeness (QED) is 0.712. The van der Waals surface area contributed by atoms with E-state index < -0.39 is 5.60 Å². The Hall–Kier alpha value is -1.22. The van der Waals surface area contributed by atoms with E-state index in [1.165, 1.54) is 0 Å². The summed E-state index contributed by atoms with van der Waals surface area (Å²) in [4.78, 5) is 0. The van der Waals surface area contributed by atoms with Gasteiger partial charge in [0.05, 0.1) is 23.6 Å². The third kappa shape index (κ3) is 1.57. The van der Waals surface area contributed by atoms with Gasteiger partial charge in [-0.05, 0) is 18.9 Å². The lowest BCUT2D eigenvalue weighted by Crippen LogP contribution is -2.24. The van der Waals surface area contributed by atoms with Gasteiger partial charge in [0.1, 0.15) is 0 Å². The van der Waals surface area contributed by atoms with E-state index in [-0.39, 0.29) is 0 Å². The first-order chi connectivity index (χ1) is 7.21. The van der Waals surface area contributed by atoms with Crippen molar-refractivity contribution in [2.45, 2.75) is 32.3 Å². The van der Waals surface area contributed by atoms with Crippen molar-refractivity contribution in [3.63, 3.8) is 0 Å². The van der Waals surface area contributed by atoms with Gasteiger partial charge >= 0.3 is 0 Å². The number of aliphatic hydroxyl groups is 1. The molecule has 0 saturated heterocycles. The van der Waals surface area contributed by atoms with Crippen molar-refractivity contribution >= 4 is 11.4 Å². The van der Waals surface area contributed by atoms with Crippen LogP contribution in [0, 0.1) is 0 Å². The van der Waals surface area contributed by atoms with Crippen molar-refractivity contribution in [1.82, 2.24) is 0 Å². The Morgan fingerprint density at radius 3 is 2.67 bits per heavy atom. The molecule has 3 heteroatoms. The third-order valence-corrected chi connectivity index (χ3v) is 3.28. The van der Waals surface area contributed by atoms with Crippen LogP contribution in [0.3, 0.4) is 0 Å². The van der Waals surface area contributed by atoms with Crippen LogP contribution in [0.5, 0.6) is 0 Å². The van der Waals surface area contributed by atoms with Crippen molar-refractivity contribution in [3.8, 4) is 0 Å². The van der Waals surface area contributed by atoms with Gasteiger partial charge in [-0.15, -0.1) is 0 Å². The molecule has 0 aromatic heterocycles. The summed E-state index contributed by atoms with van der Waals surface area (Å²) in [5.74, 6) is 0. The highest BCUT2D eigenvalue weighted by Gasteiger charge is 2.29. The fraction of sp³-hybridized carbons (Fsp3) is 0.500. The van der Waals surface area contributed by atoms with Crippen LogP contribution in [0.15, 0.2) is 18.2 Å². The van der Waals surface area contributed by atoms with Crippen molar-refractivity contribution in [1.29, 1.82) is 0 Å². The predicted molar refractivity (Wildman–Crippen MR) is 63.0 cm³/mol. The number of rotatable bonds is 3. The van der Waals surface area contributed by atoms with Gasteiger partial charge in [-0.3, -0.25) is 0 Å². The SMILES string of the molecule is CCC(O)(CC)c1cccc2c1NCN2. The van der Waals surface area contributed by atoms with E-state index in [4.69, 9.17) is 0 Å². The molecule has 0 spiro atoms. The van der Waals surface area contributed by atoms with Crippen LogP contribution >= 0.6 is 0 Å². The highest BCUT2D eigenvalue weighted by atomic mass is 16.3. The average molecular weight is 206 g/mol. The fourth-order valence-electron chi connectivity index (χ4n) is 2.14. The zero-order valence-corrected chi connectivity index (χ0v) is 9.30. The molecule has 82 valence electrons. The van der Waals surface area contributed by atoms with Gasteiger partial charge in [-0.2, -0.15) is 0 Å². The normalized spacial score (nSPS) is 14.3. The van der Waals surface area contributed by atoms with E-state index in [1.54, 1.807) is 0 Å². The topological polar surface area (TPSA) is 44.3 Å². The van der Waals surface area contributed by atoms with Gasteiger partial charge in [0, 0.05) is 5.56 Å². The Morgan fingerprint density at radius 1 is 1.27 bits per heavy atom. The van der Waals surface area contributed by atoms with Crippen molar-refractivity contribution < 1.29 is 5.11 Å². The molecule has 0 amide bonds. The molecule has 0 unspecified atom stereocenters. The fourth-order valence-corrected chi connectivity index (χ4v) is 2.14. The average Bonchev–Trinajstić information content (AvgIpc) is 2.75. The monoisotopic (exact) mass is 206 g/mol. The number of benzene rings is 1. The van der Waals surface area contributed by atoms with E-state index in [9.17, 15) is 5.11 Å². The van der Waals surface area contributed by atoms with E-state index >= 15 is 0 Å². The Kier molecular flexibility index (Phi) is 2.57. The molecule has 1 aliphatic rings. The lowest BCUT2D eigenvalue weighted by molar-refractivity contribution is 0.0291. The standard InChI is InChI=1S/C12H18N2O/c1-3-12(15,4-2)9-6-5-7-10-11(9)14-8-13-10/h5-7,13-15H,3-4,8H2,1-2H3. The first-order valence-corrected chi connectivity index (χ1v) is 5.55. The molecule has 0 fully saturated rings. The Morgan fingerprint density at radius 2 is 2.00 bits per heavy atom. The van der Waals surface area contributed by atoms with Gasteiger partial charge in [0.15, 0.2) is 0 Å². The molecule has 1 aliphatic heterocycles. The van der Waals surface area contributed by atoms with E-state index in [1.807, 2.05) is 32.0 Å².